The molecule has 0 saturated carbocycles. The summed E-state index contributed by atoms with van der Waals surface area (Å²) >= 11 is 5.81. The van der Waals surface area contributed by atoms with Crippen LogP contribution in [0.5, 0.6) is 0 Å². The second-order valence-corrected chi connectivity index (χ2v) is 8.63. The first-order chi connectivity index (χ1) is 9.06. The quantitative estimate of drug-likeness (QED) is 0.713. The Hall–Kier alpha value is -0.870. The molecule has 0 aliphatic heterocycles. The van der Waals surface area contributed by atoms with Crippen molar-refractivity contribution in [3.63, 3.8) is 0 Å². The molecule has 7 nitrogen and oxygen atoms in total. The Morgan fingerprint density at radius 3 is 2.35 bits per heavy atom. The molecule has 0 fully saturated rings. The first-order valence-electron chi connectivity index (χ1n) is 5.51. The molecule has 0 bridgehead atoms. The molecule has 0 spiro atoms. The summed E-state index contributed by atoms with van der Waals surface area (Å²) < 4.78 is 50.2. The molecule has 0 aromatic heterocycles. The second-order valence-electron chi connectivity index (χ2n) is 4.19. The van der Waals surface area contributed by atoms with Crippen LogP contribution in [-0.2, 0) is 20.0 Å². The molecule has 20 heavy (non-hydrogen) atoms. The number of hydrogen-bond donors (Lipinski definition) is 2. The van der Waals surface area contributed by atoms with Gasteiger partial charge in [0, 0.05) is 26.3 Å². The third kappa shape index (κ3) is 4.32. The highest BCUT2D eigenvalue weighted by Crippen LogP contribution is 2.23. The number of rotatable bonds is 6. The number of hydrogen-bond acceptors (Lipinski definition) is 5. The minimum Gasteiger partial charge on any atom is -0.399 e. The van der Waals surface area contributed by atoms with E-state index in [0.717, 1.165) is 4.31 Å². The Bertz CT molecular complexity index is 686. The van der Waals surface area contributed by atoms with Gasteiger partial charge in [-0.2, -0.15) is 0 Å². The van der Waals surface area contributed by atoms with Crippen LogP contribution in [0, 0.1) is 0 Å². The van der Waals surface area contributed by atoms with Gasteiger partial charge >= 0.3 is 0 Å². The van der Waals surface area contributed by atoms with Gasteiger partial charge in [0.25, 0.3) is 0 Å². The lowest BCUT2D eigenvalue weighted by atomic mass is 10.3. The molecule has 0 saturated heterocycles. The SMILES string of the molecule is CN(C)S(=O)(=O)CCNS(=O)(=O)c1ccc(N)cc1Cl. The molecule has 1 aromatic rings. The number of nitrogens with two attached hydrogens (primary N) is 1. The van der Waals surface area contributed by atoms with Crippen LogP contribution in [-0.4, -0.2) is 47.5 Å². The monoisotopic (exact) mass is 341 g/mol. The van der Waals surface area contributed by atoms with Crippen LogP contribution in [0.2, 0.25) is 5.02 Å². The maximum Gasteiger partial charge on any atom is 0.242 e. The average molecular weight is 342 g/mol. The lowest BCUT2D eigenvalue weighted by Gasteiger charge is -2.12. The van der Waals surface area contributed by atoms with E-state index in [2.05, 4.69) is 4.72 Å². The number of nitrogens with one attached hydrogen (secondary N) is 1. The van der Waals surface area contributed by atoms with Crippen molar-refractivity contribution >= 4 is 37.3 Å². The van der Waals surface area contributed by atoms with E-state index in [-0.39, 0.29) is 22.2 Å². The van der Waals surface area contributed by atoms with Crippen molar-refractivity contribution in [1.29, 1.82) is 0 Å². The Morgan fingerprint density at radius 1 is 1.25 bits per heavy atom. The number of nitrogens with zero attached hydrogens (tertiary/aromatic N) is 1. The molecular weight excluding hydrogens is 326 g/mol. The van der Waals surface area contributed by atoms with Crippen LogP contribution in [0.25, 0.3) is 0 Å². The van der Waals surface area contributed by atoms with Gasteiger partial charge in [0.05, 0.1) is 10.8 Å². The highest BCUT2D eigenvalue weighted by atomic mass is 35.5. The van der Waals surface area contributed by atoms with E-state index in [0.29, 0.717) is 5.69 Å². The van der Waals surface area contributed by atoms with Crippen LogP contribution in [0.15, 0.2) is 23.1 Å². The van der Waals surface area contributed by atoms with Crippen molar-refractivity contribution < 1.29 is 16.8 Å². The fourth-order valence-corrected chi connectivity index (χ4v) is 3.74. The minimum absolute atomic E-state index is 0.0204. The third-order valence-corrected chi connectivity index (χ3v) is 6.23. The summed E-state index contributed by atoms with van der Waals surface area (Å²) in [6.45, 7) is -0.246. The zero-order valence-electron chi connectivity index (χ0n) is 11.0. The maximum absolute atomic E-state index is 12.0. The summed E-state index contributed by atoms with van der Waals surface area (Å²) in [5, 5.41) is -0.0204. The molecular formula is C10H16ClN3O4S2. The molecule has 3 N–H and O–H groups in total. The number of halogens is 1. The van der Waals surface area contributed by atoms with Crippen LogP contribution in [0.4, 0.5) is 5.69 Å². The molecule has 114 valence electrons. The summed E-state index contributed by atoms with van der Waals surface area (Å²) in [4.78, 5) is -0.143. The first-order valence-corrected chi connectivity index (χ1v) is 8.98. The molecule has 0 heterocycles. The van der Waals surface area contributed by atoms with Gasteiger partial charge in [-0.15, -0.1) is 0 Å². The van der Waals surface area contributed by atoms with Crippen molar-refractivity contribution in [2.75, 3.05) is 32.1 Å². The van der Waals surface area contributed by atoms with Gasteiger partial charge in [0.15, 0.2) is 0 Å². The summed E-state index contributed by atoms with van der Waals surface area (Å²) in [5.74, 6) is -0.341. The first kappa shape index (κ1) is 17.2. The summed E-state index contributed by atoms with van der Waals surface area (Å²) in [5.41, 5.74) is 5.81. The summed E-state index contributed by atoms with van der Waals surface area (Å²) in [6.07, 6.45) is 0. The van der Waals surface area contributed by atoms with Crippen LogP contribution in [0.3, 0.4) is 0 Å². The predicted octanol–water partition coefficient (Wildman–Crippen LogP) is 0.0919. The molecule has 1 aromatic carbocycles. The topological polar surface area (TPSA) is 110 Å². The van der Waals surface area contributed by atoms with Crippen molar-refractivity contribution in [3.8, 4) is 0 Å². The zero-order valence-corrected chi connectivity index (χ0v) is 13.4. The van der Waals surface area contributed by atoms with Gasteiger partial charge in [-0.1, -0.05) is 11.6 Å². The van der Waals surface area contributed by atoms with E-state index in [9.17, 15) is 16.8 Å². The van der Waals surface area contributed by atoms with Crippen LogP contribution in [0.1, 0.15) is 0 Å². The third-order valence-electron chi connectivity index (χ3n) is 2.45. The fraction of sp³-hybridized carbons (Fsp3) is 0.400. The van der Waals surface area contributed by atoms with Gasteiger partial charge in [0.1, 0.15) is 4.90 Å². The molecule has 0 atom stereocenters. The minimum atomic E-state index is -3.88. The fourth-order valence-electron chi connectivity index (χ4n) is 1.30. The van der Waals surface area contributed by atoms with Gasteiger partial charge < -0.3 is 5.73 Å². The van der Waals surface area contributed by atoms with Gasteiger partial charge in [-0.3, -0.25) is 0 Å². The predicted molar refractivity (Wildman–Crippen MR) is 78.5 cm³/mol. The van der Waals surface area contributed by atoms with E-state index in [1.165, 1.54) is 32.3 Å². The van der Waals surface area contributed by atoms with E-state index >= 15 is 0 Å². The highest BCUT2D eigenvalue weighted by molar-refractivity contribution is 7.90. The zero-order chi connectivity index (χ0) is 15.6. The largest absolute Gasteiger partial charge is 0.399 e. The van der Waals surface area contributed by atoms with E-state index in [4.69, 9.17) is 17.3 Å². The summed E-state index contributed by atoms with van der Waals surface area (Å²) in [6, 6.07) is 3.98. The molecule has 0 aliphatic carbocycles. The van der Waals surface area contributed by atoms with Crippen molar-refractivity contribution in [2.45, 2.75) is 4.90 Å². The molecule has 0 aliphatic rings. The van der Waals surface area contributed by atoms with E-state index < -0.39 is 20.0 Å². The number of anilines is 1. The smallest absolute Gasteiger partial charge is 0.242 e. The Balaban J connectivity index is 2.82. The normalized spacial score (nSPS) is 12.8. The second kappa shape index (κ2) is 6.27. The van der Waals surface area contributed by atoms with Crippen LogP contribution >= 0.6 is 11.6 Å². The molecule has 0 unspecified atom stereocenters. The summed E-state index contributed by atoms with van der Waals surface area (Å²) in [7, 11) is -4.59. The molecule has 10 heteroatoms. The van der Waals surface area contributed by atoms with E-state index in [1.54, 1.807) is 0 Å². The molecule has 1 rings (SSSR count). The number of sulfonamides is 2. The highest BCUT2D eigenvalue weighted by Gasteiger charge is 2.20. The standard InChI is InChI=1S/C10H16ClN3O4S2/c1-14(2)19(15,16)6-5-13-20(17,18)10-4-3-8(12)7-9(10)11/h3-4,7,13H,5-6,12H2,1-2H3. The number of benzene rings is 1. The lowest BCUT2D eigenvalue weighted by Crippen LogP contribution is -2.34. The maximum atomic E-state index is 12.0. The number of nitrogen functional groups attached to an aromatic ring is 1. The molecule has 0 radical (unpaired) electrons. The van der Waals surface area contributed by atoms with Crippen LogP contribution < -0.4 is 10.5 Å². The lowest BCUT2D eigenvalue weighted by molar-refractivity contribution is 0.519. The average Bonchev–Trinajstić information content (AvgIpc) is 2.27. The Labute approximate surface area is 123 Å². The Kier molecular flexibility index (Phi) is 5.39. The Morgan fingerprint density at radius 2 is 1.85 bits per heavy atom. The van der Waals surface area contributed by atoms with Crippen molar-refractivity contribution in [3.05, 3.63) is 23.2 Å². The van der Waals surface area contributed by atoms with Crippen molar-refractivity contribution in [1.82, 2.24) is 9.03 Å². The van der Waals surface area contributed by atoms with Crippen molar-refractivity contribution in [2.24, 2.45) is 0 Å². The molecule has 0 amide bonds. The van der Waals surface area contributed by atoms with Gasteiger partial charge in [0.2, 0.25) is 20.0 Å². The van der Waals surface area contributed by atoms with Gasteiger partial charge in [-0.25, -0.2) is 25.9 Å². The van der Waals surface area contributed by atoms with Gasteiger partial charge in [-0.05, 0) is 18.2 Å². The van der Waals surface area contributed by atoms with E-state index in [1.807, 2.05) is 0 Å².